The Bertz CT molecular complexity index is 460. The fourth-order valence-corrected chi connectivity index (χ4v) is 3.08. The summed E-state index contributed by atoms with van der Waals surface area (Å²) in [6, 6.07) is 5.68. The van der Waals surface area contributed by atoms with Gasteiger partial charge >= 0.3 is 5.97 Å². The Labute approximate surface area is 98.4 Å². The standard InChI is InChI=1S/C12H12ClNO2/c13-8-2-1-6-3-7-4-10(12(15)16)14-11(7)9(6)5-8/h1-2,5,7,10-11,14H,3-4H2,(H,15,16). The van der Waals surface area contributed by atoms with E-state index in [9.17, 15) is 4.79 Å². The zero-order valence-electron chi connectivity index (χ0n) is 8.61. The maximum atomic E-state index is 10.9. The van der Waals surface area contributed by atoms with E-state index in [2.05, 4.69) is 5.32 Å². The molecule has 1 saturated heterocycles. The van der Waals surface area contributed by atoms with Gasteiger partial charge in [0.15, 0.2) is 0 Å². The topological polar surface area (TPSA) is 49.3 Å². The van der Waals surface area contributed by atoms with Crippen LogP contribution in [-0.4, -0.2) is 17.1 Å². The molecule has 0 saturated carbocycles. The average molecular weight is 238 g/mol. The number of carboxylic acids is 1. The first-order chi connectivity index (χ1) is 7.65. The highest BCUT2D eigenvalue weighted by Crippen LogP contribution is 2.43. The van der Waals surface area contributed by atoms with Crippen LogP contribution >= 0.6 is 11.6 Å². The lowest BCUT2D eigenvalue weighted by atomic mass is 10.0. The number of hydrogen-bond acceptors (Lipinski definition) is 2. The molecule has 1 fully saturated rings. The maximum absolute atomic E-state index is 10.9. The molecule has 0 amide bonds. The van der Waals surface area contributed by atoms with Crippen LogP contribution in [-0.2, 0) is 11.2 Å². The lowest BCUT2D eigenvalue weighted by molar-refractivity contribution is -0.139. The van der Waals surface area contributed by atoms with Crippen LogP contribution < -0.4 is 5.32 Å². The van der Waals surface area contributed by atoms with Crippen molar-refractivity contribution >= 4 is 17.6 Å². The number of carbonyl (C=O) groups is 1. The Kier molecular flexibility index (Phi) is 2.19. The van der Waals surface area contributed by atoms with Gasteiger partial charge in [0.25, 0.3) is 0 Å². The van der Waals surface area contributed by atoms with E-state index in [4.69, 9.17) is 16.7 Å². The van der Waals surface area contributed by atoms with E-state index >= 15 is 0 Å². The zero-order valence-corrected chi connectivity index (χ0v) is 9.37. The Hall–Kier alpha value is -1.06. The summed E-state index contributed by atoms with van der Waals surface area (Å²) >= 11 is 5.97. The quantitative estimate of drug-likeness (QED) is 0.786. The molecule has 0 bridgehead atoms. The van der Waals surface area contributed by atoms with Crippen LogP contribution in [0.2, 0.25) is 5.02 Å². The Balaban J connectivity index is 1.93. The van der Waals surface area contributed by atoms with Crippen molar-refractivity contribution in [3.05, 3.63) is 34.3 Å². The molecule has 3 unspecified atom stereocenters. The van der Waals surface area contributed by atoms with Gasteiger partial charge in [-0.25, -0.2) is 0 Å². The molecule has 3 rings (SSSR count). The minimum absolute atomic E-state index is 0.176. The van der Waals surface area contributed by atoms with Crippen molar-refractivity contribution in [2.24, 2.45) is 5.92 Å². The third kappa shape index (κ3) is 1.43. The van der Waals surface area contributed by atoms with Crippen molar-refractivity contribution in [2.45, 2.75) is 24.9 Å². The highest BCUT2D eigenvalue weighted by atomic mass is 35.5. The summed E-state index contributed by atoms with van der Waals surface area (Å²) in [7, 11) is 0. The lowest BCUT2D eigenvalue weighted by Gasteiger charge is -2.11. The third-order valence-electron chi connectivity index (χ3n) is 3.61. The molecular formula is C12H12ClNO2. The van der Waals surface area contributed by atoms with Crippen molar-refractivity contribution in [3.8, 4) is 0 Å². The molecule has 84 valence electrons. The molecule has 1 aromatic rings. The van der Waals surface area contributed by atoms with E-state index in [0.717, 1.165) is 11.4 Å². The summed E-state index contributed by atoms with van der Waals surface area (Å²) in [5.41, 5.74) is 2.48. The van der Waals surface area contributed by atoms with Gasteiger partial charge in [0.1, 0.15) is 6.04 Å². The van der Waals surface area contributed by atoms with Gasteiger partial charge < -0.3 is 5.11 Å². The maximum Gasteiger partial charge on any atom is 0.320 e. The molecule has 2 aliphatic rings. The van der Waals surface area contributed by atoms with Crippen molar-refractivity contribution < 1.29 is 9.90 Å². The SMILES string of the molecule is O=C(O)C1CC2Cc3ccc(Cl)cc3C2N1. The van der Waals surface area contributed by atoms with Crippen LogP contribution in [0.25, 0.3) is 0 Å². The van der Waals surface area contributed by atoms with E-state index in [-0.39, 0.29) is 6.04 Å². The van der Waals surface area contributed by atoms with Crippen LogP contribution in [0.15, 0.2) is 18.2 Å². The summed E-state index contributed by atoms with van der Waals surface area (Å²) < 4.78 is 0. The monoisotopic (exact) mass is 237 g/mol. The fraction of sp³-hybridized carbons (Fsp3) is 0.417. The number of halogens is 1. The van der Waals surface area contributed by atoms with Crippen LogP contribution in [0.4, 0.5) is 0 Å². The largest absolute Gasteiger partial charge is 0.480 e. The molecule has 2 N–H and O–H groups in total. The number of hydrogen-bond donors (Lipinski definition) is 2. The third-order valence-corrected chi connectivity index (χ3v) is 3.85. The van der Waals surface area contributed by atoms with E-state index < -0.39 is 12.0 Å². The normalized spacial score (nSPS) is 31.2. The summed E-state index contributed by atoms with van der Waals surface area (Å²) in [6.07, 6.45) is 1.68. The Morgan fingerprint density at radius 2 is 2.31 bits per heavy atom. The van der Waals surface area contributed by atoms with Gasteiger partial charge in [-0.1, -0.05) is 17.7 Å². The van der Waals surface area contributed by atoms with Crippen LogP contribution in [0, 0.1) is 5.92 Å². The van der Waals surface area contributed by atoms with Gasteiger partial charge in [-0.3, -0.25) is 10.1 Å². The minimum atomic E-state index is -0.752. The first kappa shape index (κ1) is 10.1. The second-order valence-electron chi connectivity index (χ2n) is 4.58. The first-order valence-corrected chi connectivity index (χ1v) is 5.80. The molecule has 0 spiro atoms. The summed E-state index contributed by atoms with van der Waals surface area (Å²) in [5, 5.41) is 12.9. The van der Waals surface area contributed by atoms with Crippen molar-refractivity contribution in [3.63, 3.8) is 0 Å². The summed E-state index contributed by atoms with van der Waals surface area (Å²) in [4.78, 5) is 10.9. The number of rotatable bonds is 1. The predicted molar refractivity (Wildman–Crippen MR) is 60.6 cm³/mol. The molecule has 1 aliphatic carbocycles. The Morgan fingerprint density at radius 1 is 1.50 bits per heavy atom. The van der Waals surface area contributed by atoms with Crippen molar-refractivity contribution in [1.82, 2.24) is 5.32 Å². The minimum Gasteiger partial charge on any atom is -0.480 e. The highest BCUT2D eigenvalue weighted by molar-refractivity contribution is 6.30. The number of nitrogens with one attached hydrogen (secondary N) is 1. The Morgan fingerprint density at radius 3 is 3.06 bits per heavy atom. The molecule has 3 nitrogen and oxygen atoms in total. The molecule has 0 aromatic heterocycles. The average Bonchev–Trinajstić information content (AvgIpc) is 2.75. The molecule has 4 heteroatoms. The molecule has 16 heavy (non-hydrogen) atoms. The van der Waals surface area contributed by atoms with E-state index in [1.165, 1.54) is 11.1 Å². The van der Waals surface area contributed by atoms with E-state index in [0.29, 0.717) is 12.3 Å². The zero-order chi connectivity index (χ0) is 11.3. The van der Waals surface area contributed by atoms with Gasteiger partial charge in [-0.2, -0.15) is 0 Å². The first-order valence-electron chi connectivity index (χ1n) is 5.42. The van der Waals surface area contributed by atoms with E-state index in [1.807, 2.05) is 18.2 Å². The van der Waals surface area contributed by atoms with Crippen molar-refractivity contribution in [2.75, 3.05) is 0 Å². The van der Waals surface area contributed by atoms with E-state index in [1.54, 1.807) is 0 Å². The molecule has 1 aliphatic heterocycles. The molecule has 0 radical (unpaired) electrons. The van der Waals surface area contributed by atoms with Gasteiger partial charge in [0.2, 0.25) is 0 Å². The van der Waals surface area contributed by atoms with Crippen LogP contribution in [0.5, 0.6) is 0 Å². The smallest absolute Gasteiger partial charge is 0.320 e. The van der Waals surface area contributed by atoms with Gasteiger partial charge in [0.05, 0.1) is 0 Å². The number of benzene rings is 1. The highest BCUT2D eigenvalue weighted by Gasteiger charge is 2.42. The number of carboxylic acid groups (broad SMARTS) is 1. The van der Waals surface area contributed by atoms with Crippen LogP contribution in [0.1, 0.15) is 23.6 Å². The van der Waals surface area contributed by atoms with Gasteiger partial charge in [-0.15, -0.1) is 0 Å². The fourth-order valence-electron chi connectivity index (χ4n) is 2.90. The summed E-state index contributed by atoms with van der Waals surface area (Å²) in [6.45, 7) is 0. The predicted octanol–water partition coefficient (Wildman–Crippen LogP) is 2.00. The summed E-state index contributed by atoms with van der Waals surface area (Å²) in [5.74, 6) is -0.340. The lowest BCUT2D eigenvalue weighted by Crippen LogP contribution is -2.31. The molecule has 3 atom stereocenters. The van der Waals surface area contributed by atoms with Gasteiger partial charge in [-0.05, 0) is 42.0 Å². The molecule has 1 aromatic carbocycles. The second kappa shape index (κ2) is 3.47. The number of fused-ring (bicyclic) bond motifs is 3. The molecule has 1 heterocycles. The van der Waals surface area contributed by atoms with Gasteiger partial charge in [0, 0.05) is 11.1 Å². The second-order valence-corrected chi connectivity index (χ2v) is 5.01. The van der Waals surface area contributed by atoms with Crippen LogP contribution in [0.3, 0.4) is 0 Å². The number of aliphatic carboxylic acids is 1. The molecular weight excluding hydrogens is 226 g/mol. The van der Waals surface area contributed by atoms with Crippen molar-refractivity contribution in [1.29, 1.82) is 0 Å².